The van der Waals surface area contributed by atoms with Crippen molar-refractivity contribution >= 4 is 5.57 Å². The van der Waals surface area contributed by atoms with Crippen molar-refractivity contribution in [3.05, 3.63) is 65.0 Å². The fourth-order valence-electron chi connectivity index (χ4n) is 3.22. The summed E-state index contributed by atoms with van der Waals surface area (Å²) in [4.78, 5) is 4.33. The molecular weight excluding hydrogens is 366 g/mol. The zero-order chi connectivity index (χ0) is 21.3. The van der Waals surface area contributed by atoms with Gasteiger partial charge in [0, 0.05) is 18.0 Å². The van der Waals surface area contributed by atoms with Gasteiger partial charge < -0.3 is 20.1 Å². The van der Waals surface area contributed by atoms with E-state index in [-0.39, 0.29) is 13.2 Å². The minimum Gasteiger partial charge on any atom is -0.489 e. The van der Waals surface area contributed by atoms with Crippen molar-refractivity contribution in [3.63, 3.8) is 0 Å². The van der Waals surface area contributed by atoms with Crippen LogP contribution in [0.1, 0.15) is 68.7 Å². The highest BCUT2D eigenvalue weighted by Gasteiger charge is 2.20. The summed E-state index contributed by atoms with van der Waals surface area (Å²) in [6.07, 6.45) is 8.87. The molecule has 0 spiro atoms. The van der Waals surface area contributed by atoms with Crippen LogP contribution in [-0.2, 0) is 19.8 Å². The van der Waals surface area contributed by atoms with E-state index in [1.54, 1.807) is 24.4 Å². The van der Waals surface area contributed by atoms with Crippen molar-refractivity contribution in [2.75, 3.05) is 0 Å². The molecule has 0 unspecified atom stereocenters. The number of aromatic nitrogens is 1. The van der Waals surface area contributed by atoms with Gasteiger partial charge in [0.15, 0.2) is 0 Å². The lowest BCUT2D eigenvalue weighted by Crippen LogP contribution is -2.25. The molecule has 158 valence electrons. The van der Waals surface area contributed by atoms with Crippen molar-refractivity contribution in [2.24, 2.45) is 0 Å². The molecular formula is C24H33NO4. The number of benzene rings is 1. The zero-order valence-electron chi connectivity index (χ0n) is 17.7. The Kier molecular flexibility index (Phi) is 8.83. The van der Waals surface area contributed by atoms with E-state index >= 15 is 0 Å². The molecule has 29 heavy (non-hydrogen) atoms. The number of nitrogens with zero attached hydrogens (tertiary/aromatic N) is 1. The van der Waals surface area contributed by atoms with Crippen LogP contribution in [0.5, 0.6) is 5.75 Å². The van der Waals surface area contributed by atoms with Gasteiger partial charge in [-0.2, -0.15) is 0 Å². The van der Waals surface area contributed by atoms with Crippen molar-refractivity contribution in [3.8, 4) is 5.75 Å². The van der Waals surface area contributed by atoms with Crippen molar-refractivity contribution in [1.29, 1.82) is 0 Å². The van der Waals surface area contributed by atoms with Crippen LogP contribution < -0.4 is 4.74 Å². The maximum absolute atomic E-state index is 10.4. The maximum atomic E-state index is 10.4. The van der Waals surface area contributed by atoms with Crippen molar-refractivity contribution < 1.29 is 20.1 Å². The molecule has 0 radical (unpaired) electrons. The fourth-order valence-corrected chi connectivity index (χ4v) is 3.22. The molecule has 5 nitrogen and oxygen atoms in total. The standard InChI is InChI=1S/C24H33NO4/c1-4-24(28,5-2)10-6-7-18(3)21-11-19(13-25-14-21)17-29-23-9-8-20(15-26)22(12-23)16-27/h7-9,11-14,26-28H,4-6,10,15-17H2,1-3H3. The number of rotatable bonds is 11. The fraction of sp³-hybridized carbons (Fsp3) is 0.458. The topological polar surface area (TPSA) is 82.8 Å². The Bertz CT molecular complexity index is 812. The lowest BCUT2D eigenvalue weighted by molar-refractivity contribution is 0.0246. The molecule has 0 saturated heterocycles. The van der Waals surface area contributed by atoms with E-state index in [2.05, 4.69) is 24.1 Å². The van der Waals surface area contributed by atoms with Gasteiger partial charge in [0.05, 0.1) is 18.8 Å². The normalized spacial score (nSPS) is 12.3. The maximum Gasteiger partial charge on any atom is 0.120 e. The van der Waals surface area contributed by atoms with Crippen molar-refractivity contribution in [1.82, 2.24) is 4.98 Å². The minimum atomic E-state index is -0.580. The Labute approximate surface area is 173 Å². The lowest BCUT2D eigenvalue weighted by atomic mass is 9.91. The Balaban J connectivity index is 2.01. The molecule has 0 aliphatic heterocycles. The van der Waals surface area contributed by atoms with Gasteiger partial charge in [-0.3, -0.25) is 4.98 Å². The number of hydrogen-bond acceptors (Lipinski definition) is 5. The molecule has 0 atom stereocenters. The summed E-state index contributed by atoms with van der Waals surface area (Å²) in [6.45, 7) is 6.21. The molecule has 3 N–H and O–H groups in total. The second-order valence-electron chi connectivity index (χ2n) is 7.47. The summed E-state index contributed by atoms with van der Waals surface area (Å²) in [5.74, 6) is 0.641. The molecule has 2 aromatic rings. The first-order chi connectivity index (χ1) is 13.9. The molecule has 0 aliphatic carbocycles. The summed E-state index contributed by atoms with van der Waals surface area (Å²) < 4.78 is 5.84. The van der Waals surface area contributed by atoms with Crippen molar-refractivity contribution in [2.45, 2.75) is 71.9 Å². The van der Waals surface area contributed by atoms with Crippen LogP contribution in [0.2, 0.25) is 0 Å². The quantitative estimate of drug-likeness (QED) is 0.522. The van der Waals surface area contributed by atoms with Gasteiger partial charge in [0.1, 0.15) is 12.4 Å². The van der Waals surface area contributed by atoms with Gasteiger partial charge in [0.2, 0.25) is 0 Å². The summed E-state index contributed by atoms with van der Waals surface area (Å²) in [7, 11) is 0. The molecule has 0 bridgehead atoms. The van der Waals surface area contributed by atoms with Gasteiger partial charge >= 0.3 is 0 Å². The first kappa shape index (κ1) is 23.1. The highest BCUT2D eigenvalue weighted by atomic mass is 16.5. The minimum absolute atomic E-state index is 0.109. The number of pyridine rings is 1. The van der Waals surface area contributed by atoms with E-state index in [1.807, 2.05) is 20.0 Å². The second-order valence-corrected chi connectivity index (χ2v) is 7.47. The predicted molar refractivity (Wildman–Crippen MR) is 115 cm³/mol. The highest BCUT2D eigenvalue weighted by Crippen LogP contribution is 2.24. The summed E-state index contributed by atoms with van der Waals surface area (Å²) in [5.41, 5.74) is 3.89. The van der Waals surface area contributed by atoms with Crippen LogP contribution in [0.3, 0.4) is 0 Å². The molecule has 0 amide bonds. The summed E-state index contributed by atoms with van der Waals surface area (Å²) in [5, 5.41) is 29.1. The first-order valence-corrected chi connectivity index (χ1v) is 10.2. The Morgan fingerprint density at radius 1 is 1.07 bits per heavy atom. The molecule has 0 saturated carbocycles. The predicted octanol–water partition coefficient (Wildman–Crippen LogP) is 4.38. The molecule has 0 aliphatic rings. The average molecular weight is 400 g/mol. The third-order valence-electron chi connectivity index (χ3n) is 5.55. The van der Waals surface area contributed by atoms with E-state index in [0.29, 0.717) is 23.5 Å². The van der Waals surface area contributed by atoms with E-state index in [0.717, 1.165) is 42.4 Å². The highest BCUT2D eigenvalue weighted by molar-refractivity contribution is 5.63. The Morgan fingerprint density at radius 3 is 2.45 bits per heavy atom. The zero-order valence-corrected chi connectivity index (χ0v) is 17.7. The smallest absolute Gasteiger partial charge is 0.120 e. The second kappa shape index (κ2) is 11.1. The van der Waals surface area contributed by atoms with Crippen LogP contribution in [-0.4, -0.2) is 25.9 Å². The van der Waals surface area contributed by atoms with Gasteiger partial charge in [0.25, 0.3) is 0 Å². The number of aliphatic hydroxyl groups is 3. The van der Waals surface area contributed by atoms with E-state index < -0.39 is 5.60 Å². The average Bonchev–Trinajstić information content (AvgIpc) is 2.77. The molecule has 1 heterocycles. The number of allylic oxidation sites excluding steroid dienone is 2. The SMILES string of the molecule is CCC(O)(CC)CCC=C(C)c1cncc(COc2ccc(CO)c(CO)c2)c1. The Morgan fingerprint density at radius 2 is 1.79 bits per heavy atom. The van der Waals surface area contributed by atoms with Crippen LogP contribution in [0, 0.1) is 0 Å². The third kappa shape index (κ3) is 6.67. The summed E-state index contributed by atoms with van der Waals surface area (Å²) in [6, 6.07) is 7.35. The molecule has 1 aromatic heterocycles. The van der Waals surface area contributed by atoms with E-state index in [1.165, 1.54) is 0 Å². The van der Waals surface area contributed by atoms with Crippen LogP contribution in [0.25, 0.3) is 5.57 Å². The van der Waals surface area contributed by atoms with E-state index in [4.69, 9.17) is 4.74 Å². The van der Waals surface area contributed by atoms with Gasteiger partial charge in [-0.05, 0) is 73.1 Å². The van der Waals surface area contributed by atoms with Gasteiger partial charge in [-0.1, -0.05) is 26.0 Å². The first-order valence-electron chi connectivity index (χ1n) is 10.2. The van der Waals surface area contributed by atoms with Crippen LogP contribution in [0.15, 0.2) is 42.7 Å². The van der Waals surface area contributed by atoms with Crippen LogP contribution in [0.4, 0.5) is 0 Å². The lowest BCUT2D eigenvalue weighted by Gasteiger charge is -2.24. The molecule has 5 heteroatoms. The van der Waals surface area contributed by atoms with Gasteiger partial charge in [-0.15, -0.1) is 0 Å². The number of aliphatic hydroxyl groups excluding tert-OH is 2. The number of hydrogen-bond donors (Lipinski definition) is 3. The molecule has 0 fully saturated rings. The van der Waals surface area contributed by atoms with Crippen LogP contribution >= 0.6 is 0 Å². The Hall–Kier alpha value is -2.21. The van der Waals surface area contributed by atoms with E-state index in [9.17, 15) is 15.3 Å². The monoisotopic (exact) mass is 399 g/mol. The van der Waals surface area contributed by atoms with Gasteiger partial charge in [-0.25, -0.2) is 0 Å². The summed E-state index contributed by atoms with van der Waals surface area (Å²) >= 11 is 0. The number of ether oxygens (including phenoxy) is 1. The molecule has 1 aromatic carbocycles. The molecule has 2 rings (SSSR count). The third-order valence-corrected chi connectivity index (χ3v) is 5.55. The largest absolute Gasteiger partial charge is 0.489 e.